The molecule has 0 aliphatic carbocycles. The SMILES string of the molecule is CC(C)c1cc(SNc2cccc3c(C#N)c[nH]c23)on1. The number of hydrogen-bond donors (Lipinski definition) is 2. The average molecular weight is 298 g/mol. The van der Waals surface area contributed by atoms with Gasteiger partial charge in [0.25, 0.3) is 0 Å². The summed E-state index contributed by atoms with van der Waals surface area (Å²) in [5.41, 5.74) is 3.39. The van der Waals surface area contributed by atoms with Gasteiger partial charge in [0, 0.05) is 29.6 Å². The van der Waals surface area contributed by atoms with Crippen LogP contribution in [0.4, 0.5) is 5.69 Å². The van der Waals surface area contributed by atoms with E-state index >= 15 is 0 Å². The molecular formula is C15H14N4OS. The normalized spacial score (nSPS) is 11.0. The number of aromatic nitrogens is 2. The molecule has 106 valence electrons. The number of para-hydroxylation sites is 1. The Morgan fingerprint density at radius 2 is 2.29 bits per heavy atom. The van der Waals surface area contributed by atoms with E-state index in [0.717, 1.165) is 22.3 Å². The lowest BCUT2D eigenvalue weighted by atomic mass is 10.1. The van der Waals surface area contributed by atoms with Crippen molar-refractivity contribution in [3.05, 3.63) is 41.7 Å². The fourth-order valence-electron chi connectivity index (χ4n) is 2.03. The molecule has 1 aromatic carbocycles. The number of anilines is 1. The summed E-state index contributed by atoms with van der Waals surface area (Å²) in [5.74, 6) is 0.341. The zero-order chi connectivity index (χ0) is 14.8. The second-order valence-corrected chi connectivity index (χ2v) is 5.78. The molecule has 5 nitrogen and oxygen atoms in total. The van der Waals surface area contributed by atoms with Crippen LogP contribution in [0.1, 0.15) is 31.0 Å². The fraction of sp³-hybridized carbons (Fsp3) is 0.200. The lowest BCUT2D eigenvalue weighted by Gasteiger charge is -2.04. The van der Waals surface area contributed by atoms with Gasteiger partial charge in [-0.1, -0.05) is 31.1 Å². The van der Waals surface area contributed by atoms with Gasteiger partial charge in [0.2, 0.25) is 5.09 Å². The van der Waals surface area contributed by atoms with Crippen molar-refractivity contribution < 1.29 is 4.52 Å². The van der Waals surface area contributed by atoms with Crippen molar-refractivity contribution >= 4 is 28.5 Å². The largest absolute Gasteiger partial charge is 0.358 e. The molecule has 0 spiro atoms. The third-order valence-electron chi connectivity index (χ3n) is 3.20. The smallest absolute Gasteiger partial charge is 0.213 e. The van der Waals surface area contributed by atoms with Gasteiger partial charge in [-0.05, 0) is 12.0 Å². The van der Waals surface area contributed by atoms with E-state index in [1.54, 1.807) is 6.20 Å². The van der Waals surface area contributed by atoms with E-state index in [1.165, 1.54) is 11.9 Å². The first kappa shape index (κ1) is 13.6. The molecule has 0 radical (unpaired) electrons. The van der Waals surface area contributed by atoms with Crippen molar-refractivity contribution in [2.24, 2.45) is 0 Å². The molecule has 0 atom stereocenters. The monoisotopic (exact) mass is 298 g/mol. The Hall–Kier alpha value is -2.39. The quantitative estimate of drug-likeness (QED) is 0.703. The molecule has 0 bridgehead atoms. The van der Waals surface area contributed by atoms with Crippen LogP contribution in [0.15, 0.2) is 40.1 Å². The van der Waals surface area contributed by atoms with Gasteiger partial charge < -0.3 is 14.2 Å². The highest BCUT2D eigenvalue weighted by molar-refractivity contribution is 8.00. The molecule has 0 saturated heterocycles. The number of nitriles is 1. The molecule has 2 N–H and O–H groups in total. The summed E-state index contributed by atoms with van der Waals surface area (Å²) in [7, 11) is 0. The van der Waals surface area contributed by atoms with Crippen LogP contribution < -0.4 is 4.72 Å². The van der Waals surface area contributed by atoms with Crippen LogP contribution in [-0.4, -0.2) is 10.1 Å². The van der Waals surface area contributed by atoms with Crippen molar-refractivity contribution in [3.8, 4) is 6.07 Å². The number of hydrogen-bond acceptors (Lipinski definition) is 5. The Labute approximate surface area is 126 Å². The number of rotatable bonds is 4. The maximum absolute atomic E-state index is 9.06. The molecule has 2 heterocycles. The topological polar surface area (TPSA) is 77.6 Å². The summed E-state index contributed by atoms with van der Waals surface area (Å²) in [6.45, 7) is 4.14. The predicted molar refractivity (Wildman–Crippen MR) is 83.1 cm³/mol. The van der Waals surface area contributed by atoms with Crippen molar-refractivity contribution in [2.45, 2.75) is 24.9 Å². The van der Waals surface area contributed by atoms with Crippen molar-refractivity contribution in [1.82, 2.24) is 10.1 Å². The number of nitrogens with one attached hydrogen (secondary N) is 2. The number of benzene rings is 1. The summed E-state index contributed by atoms with van der Waals surface area (Å²) in [6, 6.07) is 9.89. The lowest BCUT2D eigenvalue weighted by Crippen LogP contribution is -1.87. The van der Waals surface area contributed by atoms with Gasteiger partial charge in [-0.15, -0.1) is 0 Å². The summed E-state index contributed by atoms with van der Waals surface area (Å²) < 4.78 is 8.51. The predicted octanol–water partition coefficient (Wildman–Crippen LogP) is 4.27. The van der Waals surface area contributed by atoms with Gasteiger partial charge in [0.05, 0.1) is 22.5 Å². The van der Waals surface area contributed by atoms with Crippen LogP contribution in [0.3, 0.4) is 0 Å². The van der Waals surface area contributed by atoms with E-state index in [1.807, 2.05) is 24.3 Å². The second-order valence-electron chi connectivity index (χ2n) is 4.97. The first-order chi connectivity index (χ1) is 10.2. The zero-order valence-electron chi connectivity index (χ0n) is 11.7. The zero-order valence-corrected chi connectivity index (χ0v) is 12.5. The maximum Gasteiger partial charge on any atom is 0.213 e. The van der Waals surface area contributed by atoms with Crippen molar-refractivity contribution in [2.75, 3.05) is 4.72 Å². The first-order valence-corrected chi connectivity index (χ1v) is 7.40. The molecule has 3 aromatic rings. The number of H-pyrrole nitrogens is 1. The Bertz CT molecular complexity index is 813. The van der Waals surface area contributed by atoms with Crippen LogP contribution in [0, 0.1) is 11.3 Å². The summed E-state index contributed by atoms with van der Waals surface area (Å²) in [4.78, 5) is 3.12. The lowest BCUT2D eigenvalue weighted by molar-refractivity contribution is 0.343. The molecular weight excluding hydrogens is 284 g/mol. The molecule has 0 saturated carbocycles. The number of fused-ring (bicyclic) bond motifs is 1. The van der Waals surface area contributed by atoms with Crippen molar-refractivity contribution in [1.29, 1.82) is 5.26 Å². The van der Waals surface area contributed by atoms with E-state index < -0.39 is 0 Å². The minimum Gasteiger partial charge on any atom is -0.358 e. The minimum atomic E-state index is 0.341. The van der Waals surface area contributed by atoms with Gasteiger partial charge in [-0.2, -0.15) is 5.26 Å². The minimum absolute atomic E-state index is 0.341. The highest BCUT2D eigenvalue weighted by Gasteiger charge is 2.10. The third kappa shape index (κ3) is 2.60. The molecule has 3 rings (SSSR count). The highest BCUT2D eigenvalue weighted by atomic mass is 32.2. The van der Waals surface area contributed by atoms with Crippen LogP contribution in [0.25, 0.3) is 10.9 Å². The molecule has 0 fully saturated rings. The van der Waals surface area contributed by atoms with Gasteiger partial charge in [-0.3, -0.25) is 0 Å². The molecule has 6 heteroatoms. The van der Waals surface area contributed by atoms with Crippen LogP contribution in [-0.2, 0) is 0 Å². The van der Waals surface area contributed by atoms with Gasteiger partial charge in [0.1, 0.15) is 6.07 Å². The highest BCUT2D eigenvalue weighted by Crippen LogP contribution is 2.29. The van der Waals surface area contributed by atoms with Crippen molar-refractivity contribution in [3.63, 3.8) is 0 Å². The standard InChI is InChI=1S/C15H14N4OS/c1-9(2)13-6-14(20-18-13)21-19-12-5-3-4-11-10(7-16)8-17-15(11)12/h3-6,8-9,17,19H,1-2H3. The second kappa shape index (κ2) is 5.54. The van der Waals surface area contributed by atoms with E-state index in [0.29, 0.717) is 16.6 Å². The molecule has 0 aliphatic heterocycles. The van der Waals surface area contributed by atoms with Gasteiger partial charge in [-0.25, -0.2) is 0 Å². The third-order valence-corrected chi connectivity index (χ3v) is 3.91. The van der Waals surface area contributed by atoms with Crippen LogP contribution in [0.5, 0.6) is 0 Å². The Balaban J connectivity index is 1.82. The maximum atomic E-state index is 9.06. The van der Waals surface area contributed by atoms with Gasteiger partial charge >= 0.3 is 0 Å². The van der Waals surface area contributed by atoms with Crippen LogP contribution >= 0.6 is 11.9 Å². The van der Waals surface area contributed by atoms with E-state index in [9.17, 15) is 0 Å². The molecule has 2 aromatic heterocycles. The molecule has 0 aliphatic rings. The summed E-state index contributed by atoms with van der Waals surface area (Å²) in [6.07, 6.45) is 1.71. The summed E-state index contributed by atoms with van der Waals surface area (Å²) >= 11 is 1.36. The van der Waals surface area contributed by atoms with Crippen LogP contribution in [0.2, 0.25) is 0 Å². The Morgan fingerprint density at radius 3 is 3.00 bits per heavy atom. The van der Waals surface area contributed by atoms with E-state index in [2.05, 4.69) is 34.8 Å². The fourth-order valence-corrected chi connectivity index (χ4v) is 2.66. The summed E-state index contributed by atoms with van der Waals surface area (Å²) in [5, 5.41) is 14.7. The molecule has 0 amide bonds. The first-order valence-electron chi connectivity index (χ1n) is 6.58. The van der Waals surface area contributed by atoms with E-state index in [4.69, 9.17) is 9.78 Å². The number of nitrogens with zero attached hydrogens (tertiary/aromatic N) is 2. The molecule has 0 unspecified atom stereocenters. The van der Waals surface area contributed by atoms with Gasteiger partial charge in [0.15, 0.2) is 0 Å². The average Bonchev–Trinajstić information content (AvgIpc) is 3.11. The number of aromatic amines is 1. The Kier molecular flexibility index (Phi) is 3.59. The van der Waals surface area contributed by atoms with E-state index in [-0.39, 0.29) is 0 Å². The Morgan fingerprint density at radius 1 is 1.43 bits per heavy atom. The molecule has 21 heavy (non-hydrogen) atoms.